The van der Waals surface area contributed by atoms with Gasteiger partial charge in [-0.2, -0.15) is 0 Å². The molecule has 22 heavy (non-hydrogen) atoms. The smallest absolute Gasteiger partial charge is 0.256 e. The topological polar surface area (TPSA) is 62.3 Å². The number of aromatic amines is 1. The van der Waals surface area contributed by atoms with Gasteiger partial charge in [-0.05, 0) is 66.9 Å². The summed E-state index contributed by atoms with van der Waals surface area (Å²) in [4.78, 5) is 15.3. The van der Waals surface area contributed by atoms with Crippen molar-refractivity contribution in [2.75, 3.05) is 7.11 Å². The summed E-state index contributed by atoms with van der Waals surface area (Å²) in [5.74, 6) is 0.915. The first-order valence-corrected chi connectivity index (χ1v) is 7.01. The molecule has 4 heteroatoms. The van der Waals surface area contributed by atoms with Crippen molar-refractivity contribution < 1.29 is 9.84 Å². The normalized spacial score (nSPS) is 10.9. The number of nitrogens with one attached hydrogen (secondary N) is 1. The molecule has 0 saturated heterocycles. The fourth-order valence-electron chi connectivity index (χ4n) is 2.62. The molecule has 0 fully saturated rings. The molecule has 1 aromatic heterocycles. The minimum atomic E-state index is -0.153. The molecule has 0 aliphatic carbocycles. The minimum absolute atomic E-state index is 0.153. The van der Waals surface area contributed by atoms with E-state index in [0.717, 1.165) is 22.1 Å². The van der Waals surface area contributed by atoms with Gasteiger partial charge in [0.15, 0.2) is 0 Å². The van der Waals surface area contributed by atoms with Crippen LogP contribution < -0.4 is 10.3 Å². The van der Waals surface area contributed by atoms with Crippen molar-refractivity contribution in [2.45, 2.75) is 13.8 Å². The molecule has 0 aliphatic rings. The Bertz CT molecular complexity index is 925. The third-order valence-corrected chi connectivity index (χ3v) is 3.80. The number of phenols is 1. The van der Waals surface area contributed by atoms with Crippen molar-refractivity contribution in [3.05, 3.63) is 57.9 Å². The Balaban J connectivity index is 2.30. The third kappa shape index (κ3) is 2.33. The Hall–Kier alpha value is -2.75. The number of pyridine rings is 1. The van der Waals surface area contributed by atoms with Crippen LogP contribution in [0.2, 0.25) is 0 Å². The Morgan fingerprint density at radius 3 is 2.50 bits per heavy atom. The quantitative estimate of drug-likeness (QED) is 0.760. The lowest BCUT2D eigenvalue weighted by molar-refractivity contribution is 0.419. The molecule has 112 valence electrons. The molecule has 0 bridgehead atoms. The monoisotopic (exact) mass is 295 g/mol. The summed E-state index contributed by atoms with van der Waals surface area (Å²) in [7, 11) is 1.60. The summed E-state index contributed by atoms with van der Waals surface area (Å²) in [6.07, 6.45) is 0. The van der Waals surface area contributed by atoms with Gasteiger partial charge in [-0.25, -0.2) is 0 Å². The summed E-state index contributed by atoms with van der Waals surface area (Å²) >= 11 is 0. The molecular weight excluding hydrogens is 278 g/mol. The highest BCUT2D eigenvalue weighted by Gasteiger charge is 2.10. The number of hydrogen-bond acceptors (Lipinski definition) is 3. The Morgan fingerprint density at radius 1 is 1.05 bits per heavy atom. The zero-order valence-corrected chi connectivity index (χ0v) is 12.7. The molecule has 0 aliphatic heterocycles. The predicted octanol–water partition coefficient (Wildman–Crippen LogP) is 3.53. The van der Waals surface area contributed by atoms with Crippen LogP contribution in [0.5, 0.6) is 11.5 Å². The summed E-state index contributed by atoms with van der Waals surface area (Å²) in [6, 6.07) is 10.9. The fourth-order valence-corrected chi connectivity index (χ4v) is 2.62. The number of ether oxygens (including phenoxy) is 1. The van der Waals surface area contributed by atoms with Gasteiger partial charge in [0.2, 0.25) is 0 Å². The number of aromatic hydroxyl groups is 1. The number of rotatable bonds is 2. The molecule has 0 unspecified atom stereocenters. The Labute approximate surface area is 128 Å². The van der Waals surface area contributed by atoms with Crippen LogP contribution in [0.4, 0.5) is 0 Å². The van der Waals surface area contributed by atoms with E-state index in [4.69, 9.17) is 4.74 Å². The van der Waals surface area contributed by atoms with E-state index in [1.807, 2.05) is 38.1 Å². The maximum atomic E-state index is 12.4. The molecule has 3 aromatic rings. The molecule has 1 heterocycles. The van der Waals surface area contributed by atoms with E-state index in [9.17, 15) is 9.90 Å². The number of hydrogen-bond donors (Lipinski definition) is 2. The minimum Gasteiger partial charge on any atom is -0.508 e. The maximum absolute atomic E-state index is 12.4. The molecule has 0 amide bonds. The summed E-state index contributed by atoms with van der Waals surface area (Å²) < 4.78 is 5.40. The molecule has 0 spiro atoms. The number of phenolic OH excluding ortho intramolecular Hbond substituents is 1. The standard InChI is InChI=1S/C18H17NO3/c1-10-6-14-13(17(7-10)22-3)9-15(19-18(14)21)12-4-5-16(20)11(2)8-12/h4-9,20H,1-3H3,(H,19,21). The number of methoxy groups -OCH3 is 1. The lowest BCUT2D eigenvalue weighted by atomic mass is 10.0. The van der Waals surface area contributed by atoms with Crippen LogP contribution in [-0.4, -0.2) is 17.2 Å². The van der Waals surface area contributed by atoms with Crippen LogP contribution in [0.3, 0.4) is 0 Å². The van der Waals surface area contributed by atoms with Gasteiger partial charge in [0, 0.05) is 11.1 Å². The van der Waals surface area contributed by atoms with Crippen molar-refractivity contribution in [3.63, 3.8) is 0 Å². The Morgan fingerprint density at radius 2 is 1.82 bits per heavy atom. The van der Waals surface area contributed by atoms with Crippen LogP contribution in [0.1, 0.15) is 11.1 Å². The van der Waals surface area contributed by atoms with Crippen LogP contribution in [0.25, 0.3) is 22.0 Å². The van der Waals surface area contributed by atoms with Crippen LogP contribution in [0.15, 0.2) is 41.2 Å². The van der Waals surface area contributed by atoms with E-state index in [-0.39, 0.29) is 11.3 Å². The largest absolute Gasteiger partial charge is 0.508 e. The molecule has 3 rings (SSSR count). The third-order valence-electron chi connectivity index (χ3n) is 3.80. The van der Waals surface area contributed by atoms with E-state index in [1.165, 1.54) is 0 Å². The first-order valence-electron chi connectivity index (χ1n) is 7.01. The van der Waals surface area contributed by atoms with Crippen molar-refractivity contribution in [1.82, 2.24) is 4.98 Å². The van der Waals surface area contributed by atoms with Gasteiger partial charge in [0.1, 0.15) is 11.5 Å². The summed E-state index contributed by atoms with van der Waals surface area (Å²) in [5, 5.41) is 11.0. The van der Waals surface area contributed by atoms with Crippen LogP contribution in [-0.2, 0) is 0 Å². The van der Waals surface area contributed by atoms with Crippen molar-refractivity contribution in [1.29, 1.82) is 0 Å². The number of benzene rings is 2. The van der Waals surface area contributed by atoms with Gasteiger partial charge in [-0.1, -0.05) is 0 Å². The van der Waals surface area contributed by atoms with E-state index in [2.05, 4.69) is 4.98 Å². The molecule has 2 N–H and O–H groups in total. The van der Waals surface area contributed by atoms with Gasteiger partial charge >= 0.3 is 0 Å². The van der Waals surface area contributed by atoms with Crippen molar-refractivity contribution in [3.8, 4) is 22.8 Å². The second-order valence-corrected chi connectivity index (χ2v) is 5.44. The molecule has 2 aromatic carbocycles. The number of aryl methyl sites for hydroxylation is 2. The highest BCUT2D eigenvalue weighted by atomic mass is 16.5. The van der Waals surface area contributed by atoms with Crippen molar-refractivity contribution >= 4 is 10.8 Å². The summed E-state index contributed by atoms with van der Waals surface area (Å²) in [5.41, 5.74) is 3.12. The fraction of sp³-hybridized carbons (Fsp3) is 0.167. The maximum Gasteiger partial charge on any atom is 0.256 e. The molecular formula is C18H17NO3. The SMILES string of the molecule is COc1cc(C)cc2c(=O)[nH]c(-c3ccc(O)c(C)c3)cc12. The van der Waals surface area contributed by atoms with Gasteiger partial charge in [-0.15, -0.1) is 0 Å². The number of H-pyrrole nitrogens is 1. The molecule has 0 radical (unpaired) electrons. The molecule has 0 atom stereocenters. The zero-order valence-electron chi connectivity index (χ0n) is 12.7. The highest BCUT2D eigenvalue weighted by molar-refractivity contribution is 5.91. The second-order valence-electron chi connectivity index (χ2n) is 5.44. The lowest BCUT2D eigenvalue weighted by Gasteiger charge is -2.10. The first-order chi connectivity index (χ1) is 10.5. The Kier molecular flexibility index (Phi) is 3.37. The second kappa shape index (κ2) is 5.22. The number of fused-ring (bicyclic) bond motifs is 1. The zero-order chi connectivity index (χ0) is 15.9. The number of aromatic nitrogens is 1. The average Bonchev–Trinajstić information content (AvgIpc) is 2.49. The predicted molar refractivity (Wildman–Crippen MR) is 87.7 cm³/mol. The van der Waals surface area contributed by atoms with Gasteiger partial charge in [0.05, 0.1) is 12.5 Å². The van der Waals surface area contributed by atoms with Gasteiger partial charge < -0.3 is 14.8 Å². The highest BCUT2D eigenvalue weighted by Crippen LogP contribution is 2.29. The molecule has 0 saturated carbocycles. The van der Waals surface area contributed by atoms with E-state index in [0.29, 0.717) is 16.8 Å². The first kappa shape index (κ1) is 14.2. The van der Waals surface area contributed by atoms with E-state index >= 15 is 0 Å². The average molecular weight is 295 g/mol. The van der Waals surface area contributed by atoms with E-state index in [1.54, 1.807) is 19.2 Å². The van der Waals surface area contributed by atoms with Crippen LogP contribution >= 0.6 is 0 Å². The van der Waals surface area contributed by atoms with Gasteiger partial charge in [0.25, 0.3) is 5.56 Å². The van der Waals surface area contributed by atoms with Crippen molar-refractivity contribution in [2.24, 2.45) is 0 Å². The van der Waals surface area contributed by atoms with E-state index < -0.39 is 0 Å². The van der Waals surface area contributed by atoms with Gasteiger partial charge in [-0.3, -0.25) is 4.79 Å². The summed E-state index contributed by atoms with van der Waals surface area (Å²) in [6.45, 7) is 3.75. The lowest BCUT2D eigenvalue weighted by Crippen LogP contribution is -2.08. The molecule has 4 nitrogen and oxygen atoms in total. The van der Waals surface area contributed by atoms with Crippen LogP contribution in [0, 0.1) is 13.8 Å².